The summed E-state index contributed by atoms with van der Waals surface area (Å²) in [5, 5.41) is 0. The van der Waals surface area contributed by atoms with Crippen LogP contribution in [0.25, 0.3) is 0 Å². The fourth-order valence-electron chi connectivity index (χ4n) is 0.520. The lowest BCUT2D eigenvalue weighted by molar-refractivity contribution is 0.521. The number of hydrogen-bond acceptors (Lipinski definition) is 3. The highest BCUT2D eigenvalue weighted by molar-refractivity contribution is 7.89. The summed E-state index contributed by atoms with van der Waals surface area (Å²) in [4.78, 5) is 3.78. The summed E-state index contributed by atoms with van der Waals surface area (Å²) in [7, 11) is -0.134. The van der Waals surface area contributed by atoms with Crippen LogP contribution in [0.5, 0.6) is 0 Å². The maximum absolute atomic E-state index is 11.1. The molecule has 5 nitrogen and oxygen atoms in total. The number of aliphatic imine (C=N–C) groups is 1. The quantitative estimate of drug-likeness (QED) is 0.471. The highest BCUT2D eigenvalue weighted by Crippen LogP contribution is 1.93. The van der Waals surface area contributed by atoms with Gasteiger partial charge in [0.05, 0.1) is 18.1 Å². The SMILES string of the molecule is CC(N)=NCCS(=O)(=O)N(C)C. The van der Waals surface area contributed by atoms with E-state index in [1.165, 1.54) is 18.4 Å². The van der Waals surface area contributed by atoms with Crippen LogP contribution in [0.3, 0.4) is 0 Å². The molecule has 0 saturated carbocycles. The summed E-state index contributed by atoms with van der Waals surface area (Å²) in [6.45, 7) is 1.85. The molecular formula is C6H15N3O2S. The van der Waals surface area contributed by atoms with E-state index >= 15 is 0 Å². The maximum Gasteiger partial charge on any atom is 0.215 e. The lowest BCUT2D eigenvalue weighted by atomic mass is 10.7. The van der Waals surface area contributed by atoms with E-state index in [1.807, 2.05) is 0 Å². The second-order valence-corrected chi connectivity index (χ2v) is 4.92. The van der Waals surface area contributed by atoms with Crippen molar-refractivity contribution in [2.45, 2.75) is 6.92 Å². The van der Waals surface area contributed by atoms with Crippen LogP contribution in [0.1, 0.15) is 6.92 Å². The van der Waals surface area contributed by atoms with Crippen molar-refractivity contribution in [3.8, 4) is 0 Å². The monoisotopic (exact) mass is 193 g/mol. The number of hydrogen-bond donors (Lipinski definition) is 1. The lowest BCUT2D eigenvalue weighted by Gasteiger charge is -2.09. The first kappa shape index (κ1) is 11.4. The van der Waals surface area contributed by atoms with Crippen LogP contribution in [0, 0.1) is 0 Å². The first-order chi connectivity index (χ1) is 5.36. The van der Waals surface area contributed by atoms with Crippen molar-refractivity contribution in [3.05, 3.63) is 0 Å². The molecule has 0 fully saturated rings. The van der Waals surface area contributed by atoms with Crippen LogP contribution in [0.2, 0.25) is 0 Å². The number of rotatable bonds is 4. The van der Waals surface area contributed by atoms with Crippen molar-refractivity contribution in [2.24, 2.45) is 10.7 Å². The zero-order chi connectivity index (χ0) is 9.78. The van der Waals surface area contributed by atoms with Gasteiger partial charge in [-0.3, -0.25) is 4.99 Å². The first-order valence-electron chi connectivity index (χ1n) is 3.53. The Morgan fingerprint density at radius 3 is 2.33 bits per heavy atom. The molecule has 0 aromatic carbocycles. The summed E-state index contributed by atoms with van der Waals surface area (Å²) >= 11 is 0. The Bertz CT molecular complexity index is 252. The molecule has 0 atom stereocenters. The van der Waals surface area contributed by atoms with E-state index in [0.717, 1.165) is 0 Å². The third-order valence-electron chi connectivity index (χ3n) is 1.27. The fraction of sp³-hybridized carbons (Fsp3) is 0.833. The van der Waals surface area contributed by atoms with Gasteiger partial charge in [0.25, 0.3) is 0 Å². The van der Waals surface area contributed by atoms with E-state index in [2.05, 4.69) is 4.99 Å². The molecule has 12 heavy (non-hydrogen) atoms. The van der Waals surface area contributed by atoms with E-state index in [0.29, 0.717) is 5.84 Å². The average molecular weight is 193 g/mol. The fourth-order valence-corrected chi connectivity index (χ4v) is 1.21. The highest BCUT2D eigenvalue weighted by atomic mass is 32.2. The van der Waals surface area contributed by atoms with Gasteiger partial charge in [0.15, 0.2) is 0 Å². The van der Waals surface area contributed by atoms with Gasteiger partial charge >= 0.3 is 0 Å². The number of sulfonamides is 1. The molecule has 0 rings (SSSR count). The third kappa shape index (κ3) is 4.30. The van der Waals surface area contributed by atoms with Crippen molar-refractivity contribution in [3.63, 3.8) is 0 Å². The zero-order valence-corrected chi connectivity index (χ0v) is 8.43. The minimum Gasteiger partial charge on any atom is -0.388 e. The Kier molecular flexibility index (Phi) is 4.19. The van der Waals surface area contributed by atoms with Crippen LogP contribution < -0.4 is 5.73 Å². The first-order valence-corrected chi connectivity index (χ1v) is 5.14. The third-order valence-corrected chi connectivity index (χ3v) is 3.08. The van der Waals surface area contributed by atoms with Gasteiger partial charge in [-0.1, -0.05) is 0 Å². The van der Waals surface area contributed by atoms with Crippen LogP contribution in [-0.4, -0.2) is 45.0 Å². The number of amidine groups is 1. The van der Waals surface area contributed by atoms with Crippen molar-refractivity contribution >= 4 is 15.9 Å². The summed E-state index contributed by atoms with van der Waals surface area (Å²) in [6.07, 6.45) is 0. The second kappa shape index (κ2) is 4.42. The number of nitrogens with zero attached hydrogens (tertiary/aromatic N) is 2. The molecule has 0 heterocycles. The Hall–Kier alpha value is -0.620. The van der Waals surface area contributed by atoms with E-state index in [9.17, 15) is 8.42 Å². The van der Waals surface area contributed by atoms with Gasteiger partial charge in [-0.25, -0.2) is 12.7 Å². The molecule has 0 aliphatic rings. The van der Waals surface area contributed by atoms with Crippen LogP contribution >= 0.6 is 0 Å². The van der Waals surface area contributed by atoms with Gasteiger partial charge < -0.3 is 5.73 Å². The van der Waals surface area contributed by atoms with E-state index in [4.69, 9.17) is 5.73 Å². The standard InChI is InChI=1S/C6H15N3O2S/c1-6(7)8-4-5-12(10,11)9(2)3/h4-5H2,1-3H3,(H2,7,8). The molecule has 0 spiro atoms. The largest absolute Gasteiger partial charge is 0.388 e. The van der Waals surface area contributed by atoms with Gasteiger partial charge in [-0.05, 0) is 6.92 Å². The van der Waals surface area contributed by atoms with Gasteiger partial charge in [-0.15, -0.1) is 0 Å². The smallest absolute Gasteiger partial charge is 0.215 e. The van der Waals surface area contributed by atoms with Gasteiger partial charge in [-0.2, -0.15) is 0 Å². The minimum absolute atomic E-state index is 0.00847. The Labute approximate surface area is 73.3 Å². The maximum atomic E-state index is 11.1. The molecule has 0 aromatic rings. The molecular weight excluding hydrogens is 178 g/mol. The molecule has 72 valence electrons. The average Bonchev–Trinajstić information content (AvgIpc) is 1.85. The Balaban J connectivity index is 4.03. The molecule has 0 unspecified atom stereocenters. The van der Waals surface area contributed by atoms with Crippen molar-refractivity contribution < 1.29 is 8.42 Å². The molecule has 0 saturated heterocycles. The summed E-state index contributed by atoms with van der Waals surface area (Å²) in [5.74, 6) is 0.415. The molecule has 0 radical (unpaired) electrons. The molecule has 0 aromatic heterocycles. The summed E-state index contributed by atoms with van der Waals surface area (Å²) in [5.41, 5.74) is 5.24. The summed E-state index contributed by atoms with van der Waals surface area (Å²) in [6, 6.07) is 0. The van der Waals surface area contributed by atoms with Crippen LogP contribution in [0.15, 0.2) is 4.99 Å². The molecule has 0 amide bonds. The van der Waals surface area contributed by atoms with E-state index < -0.39 is 10.0 Å². The molecule has 6 heteroatoms. The number of nitrogens with two attached hydrogens (primary N) is 1. The van der Waals surface area contributed by atoms with Crippen LogP contribution in [-0.2, 0) is 10.0 Å². The zero-order valence-electron chi connectivity index (χ0n) is 7.61. The van der Waals surface area contributed by atoms with Gasteiger partial charge in [0, 0.05) is 14.1 Å². The molecule has 0 aliphatic carbocycles. The molecule has 0 bridgehead atoms. The van der Waals surface area contributed by atoms with Gasteiger partial charge in [0.1, 0.15) is 0 Å². The predicted octanol–water partition coefficient (Wildman–Crippen LogP) is -0.745. The predicted molar refractivity (Wildman–Crippen MR) is 49.6 cm³/mol. The minimum atomic E-state index is -3.12. The second-order valence-electron chi connectivity index (χ2n) is 2.62. The van der Waals surface area contributed by atoms with E-state index in [1.54, 1.807) is 6.92 Å². The Morgan fingerprint density at radius 2 is 2.00 bits per heavy atom. The van der Waals surface area contributed by atoms with E-state index in [-0.39, 0.29) is 12.3 Å². The highest BCUT2D eigenvalue weighted by Gasteiger charge is 2.11. The van der Waals surface area contributed by atoms with Crippen LogP contribution in [0.4, 0.5) is 0 Å². The molecule has 2 N–H and O–H groups in total. The van der Waals surface area contributed by atoms with Crippen molar-refractivity contribution in [2.75, 3.05) is 26.4 Å². The topological polar surface area (TPSA) is 75.8 Å². The normalized spacial score (nSPS) is 13.8. The Morgan fingerprint density at radius 1 is 1.50 bits per heavy atom. The lowest BCUT2D eigenvalue weighted by Crippen LogP contribution is -2.26. The molecule has 0 aliphatic heterocycles. The summed E-state index contributed by atoms with van der Waals surface area (Å²) < 4.78 is 23.4. The van der Waals surface area contributed by atoms with Crippen molar-refractivity contribution in [1.82, 2.24) is 4.31 Å². The van der Waals surface area contributed by atoms with Gasteiger partial charge in [0.2, 0.25) is 10.0 Å². The van der Waals surface area contributed by atoms with Crippen molar-refractivity contribution in [1.29, 1.82) is 0 Å².